The van der Waals surface area contributed by atoms with Gasteiger partial charge in [0.15, 0.2) is 0 Å². The second-order valence-corrected chi connectivity index (χ2v) is 7.09. The van der Waals surface area contributed by atoms with Gasteiger partial charge in [-0.15, -0.1) is 0 Å². The van der Waals surface area contributed by atoms with E-state index in [1.165, 1.54) is 0 Å². The number of fused-ring (bicyclic) bond motifs is 2. The van der Waals surface area contributed by atoms with Gasteiger partial charge in [-0.1, -0.05) is 51.7 Å². The van der Waals surface area contributed by atoms with Crippen molar-refractivity contribution in [3.05, 3.63) is 12.2 Å². The molecule has 4 nitrogen and oxygen atoms in total. The van der Waals surface area contributed by atoms with Crippen molar-refractivity contribution in [2.75, 3.05) is 13.2 Å². The first kappa shape index (κ1) is 19.0. The van der Waals surface area contributed by atoms with Crippen LogP contribution in [0, 0.1) is 23.7 Å². The van der Waals surface area contributed by atoms with Crippen LogP contribution in [-0.2, 0) is 19.1 Å². The molecule has 0 aromatic carbocycles. The molecule has 136 valence electrons. The largest absolute Gasteiger partial charge is 0.465 e. The first-order valence-electron chi connectivity index (χ1n) is 9.70. The molecule has 24 heavy (non-hydrogen) atoms. The van der Waals surface area contributed by atoms with Crippen molar-refractivity contribution in [3.63, 3.8) is 0 Å². The standard InChI is InChI=1S/C20H32O4/c1-3-5-7-13-23-19(21)17-15-9-11-16(12-10-15)18(17)20(22)24-14-8-6-4-2/h9,11,15-18H,3-8,10,12-14H2,1-2H3. The molecule has 0 saturated heterocycles. The van der Waals surface area contributed by atoms with Crippen molar-refractivity contribution < 1.29 is 19.1 Å². The molecular formula is C20H32O4. The highest BCUT2D eigenvalue weighted by Crippen LogP contribution is 2.46. The Bertz CT molecular complexity index is 403. The lowest BCUT2D eigenvalue weighted by Gasteiger charge is -2.42. The third kappa shape index (κ3) is 4.84. The van der Waals surface area contributed by atoms with Crippen LogP contribution in [0.25, 0.3) is 0 Å². The van der Waals surface area contributed by atoms with Gasteiger partial charge in [0.1, 0.15) is 0 Å². The normalized spacial score (nSPS) is 27.9. The van der Waals surface area contributed by atoms with Crippen LogP contribution in [0.2, 0.25) is 0 Å². The quantitative estimate of drug-likeness (QED) is 0.339. The minimum atomic E-state index is -0.353. The van der Waals surface area contributed by atoms with Gasteiger partial charge in [0.25, 0.3) is 0 Å². The highest BCUT2D eigenvalue weighted by Gasteiger charge is 2.49. The summed E-state index contributed by atoms with van der Waals surface area (Å²) in [5.74, 6) is -0.867. The van der Waals surface area contributed by atoms with Crippen LogP contribution >= 0.6 is 0 Å². The molecule has 1 saturated carbocycles. The molecule has 0 amide bonds. The molecule has 0 radical (unpaired) electrons. The Hall–Kier alpha value is -1.32. The van der Waals surface area contributed by atoms with Crippen LogP contribution in [0.3, 0.4) is 0 Å². The predicted octanol–water partition coefficient (Wildman–Crippen LogP) is 4.28. The summed E-state index contributed by atoms with van der Waals surface area (Å²) in [6.45, 7) is 5.17. The summed E-state index contributed by atoms with van der Waals surface area (Å²) in [5.41, 5.74) is 0. The Morgan fingerprint density at radius 1 is 0.792 bits per heavy atom. The average molecular weight is 336 g/mol. The number of ether oxygens (including phenoxy) is 2. The van der Waals surface area contributed by atoms with Crippen molar-refractivity contribution in [2.24, 2.45) is 23.7 Å². The highest BCUT2D eigenvalue weighted by molar-refractivity contribution is 5.83. The molecule has 3 aliphatic rings. The van der Waals surface area contributed by atoms with Crippen molar-refractivity contribution >= 4 is 11.9 Å². The third-order valence-corrected chi connectivity index (χ3v) is 5.28. The molecule has 0 aromatic rings. The highest BCUT2D eigenvalue weighted by atomic mass is 16.5. The first-order valence-corrected chi connectivity index (χ1v) is 9.70. The van der Waals surface area contributed by atoms with Gasteiger partial charge >= 0.3 is 11.9 Å². The van der Waals surface area contributed by atoms with Gasteiger partial charge in [0.05, 0.1) is 25.0 Å². The van der Waals surface area contributed by atoms with Crippen LogP contribution in [-0.4, -0.2) is 25.2 Å². The van der Waals surface area contributed by atoms with Crippen LogP contribution in [0.1, 0.15) is 65.2 Å². The fourth-order valence-electron chi connectivity index (χ4n) is 3.88. The zero-order valence-corrected chi connectivity index (χ0v) is 15.2. The number of allylic oxidation sites excluding steroid dienone is 2. The second-order valence-electron chi connectivity index (χ2n) is 7.09. The Labute approximate surface area is 146 Å². The fraction of sp³-hybridized carbons (Fsp3) is 0.800. The number of carbonyl (C=O) groups excluding carboxylic acids is 2. The number of rotatable bonds is 10. The van der Waals surface area contributed by atoms with Gasteiger partial charge < -0.3 is 9.47 Å². The number of esters is 2. The van der Waals surface area contributed by atoms with Crippen molar-refractivity contribution in [2.45, 2.75) is 65.2 Å². The predicted molar refractivity (Wildman–Crippen MR) is 93.3 cm³/mol. The fourth-order valence-corrected chi connectivity index (χ4v) is 3.88. The summed E-state index contributed by atoms with van der Waals surface area (Å²) in [6.07, 6.45) is 12.3. The van der Waals surface area contributed by atoms with E-state index >= 15 is 0 Å². The summed E-state index contributed by atoms with van der Waals surface area (Å²) < 4.78 is 11.0. The lowest BCUT2D eigenvalue weighted by Crippen LogP contribution is -2.46. The van der Waals surface area contributed by atoms with E-state index in [0.29, 0.717) is 13.2 Å². The average Bonchev–Trinajstić information content (AvgIpc) is 2.62. The molecular weight excluding hydrogens is 304 g/mol. The molecule has 3 aliphatic carbocycles. The maximum atomic E-state index is 12.6. The zero-order chi connectivity index (χ0) is 17.4. The number of carbonyl (C=O) groups is 2. The Balaban J connectivity index is 1.94. The van der Waals surface area contributed by atoms with Gasteiger partial charge in [-0.2, -0.15) is 0 Å². The van der Waals surface area contributed by atoms with Gasteiger partial charge in [-0.3, -0.25) is 9.59 Å². The van der Waals surface area contributed by atoms with Crippen LogP contribution < -0.4 is 0 Å². The molecule has 0 heterocycles. The molecule has 4 atom stereocenters. The van der Waals surface area contributed by atoms with Crippen LogP contribution in [0.4, 0.5) is 0 Å². The monoisotopic (exact) mass is 336 g/mol. The van der Waals surface area contributed by atoms with Crippen LogP contribution in [0.15, 0.2) is 12.2 Å². The Morgan fingerprint density at radius 2 is 1.21 bits per heavy atom. The summed E-state index contributed by atoms with van der Waals surface area (Å²) >= 11 is 0. The van der Waals surface area contributed by atoms with Crippen molar-refractivity contribution in [1.82, 2.24) is 0 Å². The summed E-state index contributed by atoms with van der Waals surface area (Å²) in [6, 6.07) is 0. The molecule has 3 rings (SSSR count). The second kappa shape index (κ2) is 9.85. The van der Waals surface area contributed by atoms with Gasteiger partial charge in [0.2, 0.25) is 0 Å². The summed E-state index contributed by atoms with van der Waals surface area (Å²) in [7, 11) is 0. The maximum absolute atomic E-state index is 12.6. The number of unbranched alkanes of at least 4 members (excludes halogenated alkanes) is 4. The van der Waals surface area contributed by atoms with E-state index in [9.17, 15) is 9.59 Å². The summed E-state index contributed by atoms with van der Waals surface area (Å²) in [4.78, 5) is 25.2. The van der Waals surface area contributed by atoms with E-state index in [1.807, 2.05) is 0 Å². The third-order valence-electron chi connectivity index (χ3n) is 5.28. The molecule has 0 spiro atoms. The Kier molecular flexibility index (Phi) is 7.80. The van der Waals surface area contributed by atoms with E-state index in [2.05, 4.69) is 26.0 Å². The smallest absolute Gasteiger partial charge is 0.310 e. The van der Waals surface area contributed by atoms with E-state index in [1.54, 1.807) is 0 Å². The molecule has 4 unspecified atom stereocenters. The number of hydrogen-bond acceptors (Lipinski definition) is 4. The van der Waals surface area contributed by atoms with E-state index in [0.717, 1.165) is 51.4 Å². The molecule has 0 aromatic heterocycles. The molecule has 0 aliphatic heterocycles. The van der Waals surface area contributed by atoms with Crippen LogP contribution in [0.5, 0.6) is 0 Å². The lowest BCUT2D eigenvalue weighted by atomic mass is 9.62. The van der Waals surface area contributed by atoms with E-state index < -0.39 is 0 Å². The number of hydrogen-bond donors (Lipinski definition) is 0. The SMILES string of the molecule is CCCCCOC(=O)C1C2C=CC(CC2)C1C(=O)OCCCCC. The Morgan fingerprint density at radius 3 is 1.54 bits per heavy atom. The van der Waals surface area contributed by atoms with Gasteiger partial charge in [0, 0.05) is 0 Å². The minimum absolute atomic E-state index is 0.127. The van der Waals surface area contributed by atoms with Crippen molar-refractivity contribution in [1.29, 1.82) is 0 Å². The molecule has 4 heteroatoms. The minimum Gasteiger partial charge on any atom is -0.465 e. The van der Waals surface area contributed by atoms with Gasteiger partial charge in [-0.05, 0) is 37.5 Å². The maximum Gasteiger partial charge on any atom is 0.310 e. The van der Waals surface area contributed by atoms with Crippen molar-refractivity contribution in [3.8, 4) is 0 Å². The van der Waals surface area contributed by atoms with E-state index in [4.69, 9.17) is 9.47 Å². The zero-order valence-electron chi connectivity index (χ0n) is 15.2. The lowest BCUT2D eigenvalue weighted by molar-refractivity contribution is -0.167. The van der Waals surface area contributed by atoms with E-state index in [-0.39, 0.29) is 35.6 Å². The van der Waals surface area contributed by atoms with Gasteiger partial charge in [-0.25, -0.2) is 0 Å². The molecule has 2 bridgehead atoms. The first-order chi connectivity index (χ1) is 11.7. The molecule has 0 N–H and O–H groups in total. The summed E-state index contributed by atoms with van der Waals surface area (Å²) in [5, 5.41) is 0. The molecule has 1 fully saturated rings. The topological polar surface area (TPSA) is 52.6 Å².